The molecule has 0 aliphatic rings. The minimum absolute atomic E-state index is 0.763. The summed E-state index contributed by atoms with van der Waals surface area (Å²) >= 11 is 1.69. The highest BCUT2D eigenvalue weighted by Gasteiger charge is 2.01. The van der Waals surface area contributed by atoms with Crippen LogP contribution in [0.2, 0.25) is 0 Å². The molecule has 2 heterocycles. The summed E-state index contributed by atoms with van der Waals surface area (Å²) in [6, 6.07) is 4.06. The van der Waals surface area contributed by atoms with Crippen LogP contribution >= 0.6 is 11.3 Å². The van der Waals surface area contributed by atoms with Gasteiger partial charge < -0.3 is 9.73 Å². The van der Waals surface area contributed by atoms with Crippen molar-refractivity contribution in [3.05, 3.63) is 39.7 Å². The molecule has 0 unspecified atom stereocenters. The van der Waals surface area contributed by atoms with Gasteiger partial charge in [0, 0.05) is 24.0 Å². The SMILES string of the molecule is CCc1ccc(CNCc2nc(C)cs2)o1. The molecule has 86 valence electrons. The highest BCUT2D eigenvalue weighted by atomic mass is 32.1. The first-order chi connectivity index (χ1) is 7.78. The van der Waals surface area contributed by atoms with Gasteiger partial charge in [-0.15, -0.1) is 11.3 Å². The van der Waals surface area contributed by atoms with Crippen molar-refractivity contribution in [2.45, 2.75) is 33.4 Å². The summed E-state index contributed by atoms with van der Waals surface area (Å²) in [6.07, 6.45) is 0.950. The Hall–Kier alpha value is -1.13. The first-order valence-corrected chi connectivity index (χ1v) is 6.35. The van der Waals surface area contributed by atoms with Crippen LogP contribution in [0.5, 0.6) is 0 Å². The van der Waals surface area contributed by atoms with Crippen molar-refractivity contribution in [3.8, 4) is 0 Å². The molecule has 0 aromatic carbocycles. The Balaban J connectivity index is 1.79. The fourth-order valence-electron chi connectivity index (χ4n) is 1.48. The molecule has 0 aliphatic carbocycles. The smallest absolute Gasteiger partial charge is 0.117 e. The van der Waals surface area contributed by atoms with E-state index >= 15 is 0 Å². The minimum Gasteiger partial charge on any atom is -0.465 e. The summed E-state index contributed by atoms with van der Waals surface area (Å²) < 4.78 is 5.60. The van der Waals surface area contributed by atoms with Crippen molar-refractivity contribution in [1.82, 2.24) is 10.3 Å². The van der Waals surface area contributed by atoms with Crippen LogP contribution in [-0.4, -0.2) is 4.98 Å². The van der Waals surface area contributed by atoms with Gasteiger partial charge in [-0.1, -0.05) is 6.92 Å². The van der Waals surface area contributed by atoms with Gasteiger partial charge in [0.1, 0.15) is 16.5 Å². The average molecular weight is 236 g/mol. The monoisotopic (exact) mass is 236 g/mol. The molecule has 2 aromatic heterocycles. The van der Waals surface area contributed by atoms with Gasteiger partial charge in [-0.2, -0.15) is 0 Å². The summed E-state index contributed by atoms with van der Waals surface area (Å²) in [5.41, 5.74) is 1.09. The topological polar surface area (TPSA) is 38.1 Å². The Bertz CT molecular complexity index is 447. The van der Waals surface area contributed by atoms with Crippen LogP contribution < -0.4 is 5.32 Å². The normalized spacial score (nSPS) is 10.9. The molecule has 0 saturated carbocycles. The summed E-state index contributed by atoms with van der Waals surface area (Å²) in [4.78, 5) is 4.39. The van der Waals surface area contributed by atoms with E-state index in [1.54, 1.807) is 11.3 Å². The standard InChI is InChI=1S/C12H16N2OS/c1-3-10-4-5-11(15-10)6-13-7-12-14-9(2)8-16-12/h4-5,8,13H,3,6-7H2,1-2H3. The molecule has 0 aliphatic heterocycles. The number of hydrogen-bond donors (Lipinski definition) is 1. The van der Waals surface area contributed by atoms with Crippen molar-refractivity contribution in [3.63, 3.8) is 0 Å². The lowest BCUT2D eigenvalue weighted by Gasteiger charge is -1.99. The van der Waals surface area contributed by atoms with Gasteiger partial charge in [0.15, 0.2) is 0 Å². The largest absolute Gasteiger partial charge is 0.465 e. The molecular formula is C12H16N2OS. The van der Waals surface area contributed by atoms with Crippen molar-refractivity contribution in [2.75, 3.05) is 0 Å². The van der Waals surface area contributed by atoms with Gasteiger partial charge in [0.2, 0.25) is 0 Å². The summed E-state index contributed by atoms with van der Waals surface area (Å²) in [7, 11) is 0. The molecule has 3 nitrogen and oxygen atoms in total. The Morgan fingerprint density at radius 1 is 1.31 bits per heavy atom. The zero-order valence-electron chi connectivity index (χ0n) is 9.62. The third-order valence-corrected chi connectivity index (χ3v) is 3.27. The second-order valence-electron chi connectivity index (χ2n) is 3.71. The van der Waals surface area contributed by atoms with E-state index in [9.17, 15) is 0 Å². The second-order valence-corrected chi connectivity index (χ2v) is 4.65. The number of rotatable bonds is 5. The minimum atomic E-state index is 0.763. The summed E-state index contributed by atoms with van der Waals surface area (Å²) in [5, 5.41) is 6.52. The Morgan fingerprint density at radius 3 is 2.75 bits per heavy atom. The molecule has 0 saturated heterocycles. The highest BCUT2D eigenvalue weighted by molar-refractivity contribution is 7.09. The van der Waals surface area contributed by atoms with Gasteiger partial charge in [0.25, 0.3) is 0 Å². The molecule has 0 bridgehead atoms. The maximum Gasteiger partial charge on any atom is 0.117 e. The van der Waals surface area contributed by atoms with Crippen LogP contribution in [0.4, 0.5) is 0 Å². The molecule has 2 aromatic rings. The number of nitrogens with one attached hydrogen (secondary N) is 1. The van der Waals surface area contributed by atoms with E-state index in [0.29, 0.717) is 0 Å². The molecule has 0 fully saturated rings. The second kappa shape index (κ2) is 5.27. The summed E-state index contributed by atoms with van der Waals surface area (Å²) in [6.45, 7) is 5.67. The van der Waals surface area contributed by atoms with Crippen LogP contribution in [0.25, 0.3) is 0 Å². The third kappa shape index (κ3) is 2.93. The van der Waals surface area contributed by atoms with Crippen molar-refractivity contribution < 1.29 is 4.42 Å². The lowest BCUT2D eigenvalue weighted by molar-refractivity contribution is 0.450. The van der Waals surface area contributed by atoms with Gasteiger partial charge in [-0.25, -0.2) is 4.98 Å². The molecule has 0 atom stereocenters. The molecule has 16 heavy (non-hydrogen) atoms. The van der Waals surface area contributed by atoms with Crippen molar-refractivity contribution in [2.24, 2.45) is 0 Å². The first-order valence-electron chi connectivity index (χ1n) is 5.47. The van der Waals surface area contributed by atoms with Crippen LogP contribution in [0, 0.1) is 6.92 Å². The van der Waals surface area contributed by atoms with Crippen LogP contribution in [-0.2, 0) is 19.5 Å². The Labute approximate surface area is 99.5 Å². The molecule has 2 rings (SSSR count). The third-order valence-electron chi connectivity index (χ3n) is 2.31. The van der Waals surface area contributed by atoms with Crippen LogP contribution in [0.15, 0.2) is 21.9 Å². The number of nitrogens with zero attached hydrogens (tertiary/aromatic N) is 1. The maximum atomic E-state index is 5.60. The highest BCUT2D eigenvalue weighted by Crippen LogP contribution is 2.10. The quantitative estimate of drug-likeness (QED) is 0.867. The van der Waals surface area contributed by atoms with E-state index in [1.807, 2.05) is 19.1 Å². The van der Waals surface area contributed by atoms with Crippen LogP contribution in [0.1, 0.15) is 29.1 Å². The zero-order chi connectivity index (χ0) is 11.4. The number of thiazole rings is 1. The van der Waals surface area contributed by atoms with Crippen molar-refractivity contribution in [1.29, 1.82) is 0 Å². The lowest BCUT2D eigenvalue weighted by Crippen LogP contribution is -2.11. The number of aryl methyl sites for hydroxylation is 2. The molecule has 0 amide bonds. The molecule has 0 spiro atoms. The van der Waals surface area contributed by atoms with E-state index in [0.717, 1.165) is 41.7 Å². The predicted molar refractivity (Wildman–Crippen MR) is 65.5 cm³/mol. The molecular weight excluding hydrogens is 220 g/mol. The number of furan rings is 1. The van der Waals surface area contributed by atoms with Gasteiger partial charge in [-0.05, 0) is 19.1 Å². The molecule has 0 radical (unpaired) electrons. The van der Waals surface area contributed by atoms with Gasteiger partial charge in [0.05, 0.1) is 6.54 Å². The van der Waals surface area contributed by atoms with E-state index in [-0.39, 0.29) is 0 Å². The van der Waals surface area contributed by atoms with E-state index in [1.165, 1.54) is 0 Å². The first kappa shape index (κ1) is 11.4. The van der Waals surface area contributed by atoms with E-state index in [4.69, 9.17) is 4.42 Å². The fraction of sp³-hybridized carbons (Fsp3) is 0.417. The summed E-state index contributed by atoms with van der Waals surface area (Å²) in [5.74, 6) is 2.03. The number of aromatic nitrogens is 1. The van der Waals surface area contributed by atoms with E-state index < -0.39 is 0 Å². The Morgan fingerprint density at radius 2 is 2.12 bits per heavy atom. The van der Waals surface area contributed by atoms with Gasteiger partial charge in [-0.3, -0.25) is 0 Å². The van der Waals surface area contributed by atoms with Gasteiger partial charge >= 0.3 is 0 Å². The fourth-order valence-corrected chi connectivity index (χ4v) is 2.23. The number of hydrogen-bond acceptors (Lipinski definition) is 4. The molecule has 1 N–H and O–H groups in total. The van der Waals surface area contributed by atoms with E-state index in [2.05, 4.69) is 22.6 Å². The zero-order valence-corrected chi connectivity index (χ0v) is 10.4. The maximum absolute atomic E-state index is 5.60. The Kier molecular flexibility index (Phi) is 3.74. The molecule has 4 heteroatoms. The van der Waals surface area contributed by atoms with Crippen LogP contribution in [0.3, 0.4) is 0 Å². The lowest BCUT2D eigenvalue weighted by atomic mass is 10.3. The predicted octanol–water partition coefficient (Wildman–Crippen LogP) is 2.90. The average Bonchev–Trinajstić information content (AvgIpc) is 2.88. The van der Waals surface area contributed by atoms with Crippen molar-refractivity contribution >= 4 is 11.3 Å².